The first-order valence-corrected chi connectivity index (χ1v) is 8.59. The zero-order valence-electron chi connectivity index (χ0n) is 11.9. The van der Waals surface area contributed by atoms with Crippen molar-refractivity contribution in [2.45, 2.75) is 31.1 Å². The molecule has 116 valence electrons. The number of benzene rings is 1. The van der Waals surface area contributed by atoms with Gasteiger partial charge in [-0.3, -0.25) is 4.79 Å². The zero-order chi connectivity index (χ0) is 15.5. The predicted octanol–water partition coefficient (Wildman–Crippen LogP) is 1.19. The minimum Gasteiger partial charge on any atom is -0.399 e. The molecule has 1 amide bonds. The third-order valence-electron chi connectivity index (χ3n) is 3.53. The highest BCUT2D eigenvalue weighted by Gasteiger charge is 2.32. The fourth-order valence-electron chi connectivity index (χ4n) is 2.15. The van der Waals surface area contributed by atoms with Crippen LogP contribution in [0.15, 0.2) is 24.3 Å². The van der Waals surface area contributed by atoms with Gasteiger partial charge in [0, 0.05) is 18.0 Å². The normalized spacial score (nSPS) is 20.1. The van der Waals surface area contributed by atoms with Crippen LogP contribution in [-0.2, 0) is 19.4 Å². The Hall–Kier alpha value is -1.60. The van der Waals surface area contributed by atoms with E-state index >= 15 is 0 Å². The van der Waals surface area contributed by atoms with Gasteiger partial charge in [-0.1, -0.05) is 0 Å². The summed E-state index contributed by atoms with van der Waals surface area (Å²) in [6.45, 7) is 1.99. The maximum Gasteiger partial charge on any atom is 0.242 e. The Bertz CT molecular complexity index is 592. The summed E-state index contributed by atoms with van der Waals surface area (Å²) in [5, 5.41) is 1.47. The molecule has 0 bridgehead atoms. The molecule has 1 aliphatic heterocycles. The predicted molar refractivity (Wildman–Crippen MR) is 81.7 cm³/mol. The van der Waals surface area contributed by atoms with Crippen molar-refractivity contribution in [3.05, 3.63) is 24.3 Å². The molecule has 0 radical (unpaired) electrons. The summed E-state index contributed by atoms with van der Waals surface area (Å²) < 4.78 is 29.7. The molecule has 2 rings (SSSR count). The first kappa shape index (κ1) is 15.8. The van der Waals surface area contributed by atoms with Crippen molar-refractivity contribution in [1.29, 1.82) is 0 Å². The number of hydrogen-bond acceptors (Lipinski definition) is 5. The number of anilines is 2. The van der Waals surface area contributed by atoms with E-state index in [0.717, 1.165) is 12.8 Å². The Kier molecular flexibility index (Phi) is 4.84. The highest BCUT2D eigenvalue weighted by atomic mass is 32.2. The van der Waals surface area contributed by atoms with E-state index in [1.54, 1.807) is 24.3 Å². The third kappa shape index (κ3) is 4.18. The van der Waals surface area contributed by atoms with Crippen LogP contribution in [0.3, 0.4) is 0 Å². The zero-order valence-corrected chi connectivity index (χ0v) is 12.7. The van der Waals surface area contributed by atoms with Crippen molar-refractivity contribution < 1.29 is 17.9 Å². The molecule has 1 saturated heterocycles. The summed E-state index contributed by atoms with van der Waals surface area (Å²) >= 11 is 0. The van der Waals surface area contributed by atoms with Gasteiger partial charge in [0.1, 0.15) is 5.25 Å². The Morgan fingerprint density at radius 3 is 2.67 bits per heavy atom. The van der Waals surface area contributed by atoms with E-state index in [-0.39, 0.29) is 11.9 Å². The number of hydrogen-bond donors (Lipinski definition) is 2. The van der Waals surface area contributed by atoms with Crippen molar-refractivity contribution in [2.24, 2.45) is 0 Å². The standard InChI is InChI=1S/C14H20N2O4S/c1-10(21(18,19)9-13-3-2-8-20-13)14(17)16-12-6-4-11(15)5-7-12/h4-7,10,13H,2-3,8-9,15H2,1H3,(H,16,17). The van der Waals surface area contributed by atoms with Crippen LogP contribution in [-0.4, -0.2) is 38.0 Å². The SMILES string of the molecule is CC(C(=O)Nc1ccc(N)cc1)S(=O)(=O)CC1CCCO1. The van der Waals surface area contributed by atoms with Crippen LogP contribution in [0, 0.1) is 0 Å². The highest BCUT2D eigenvalue weighted by molar-refractivity contribution is 7.92. The van der Waals surface area contributed by atoms with Crippen LogP contribution in [0.25, 0.3) is 0 Å². The van der Waals surface area contributed by atoms with Crippen molar-refractivity contribution in [1.82, 2.24) is 0 Å². The van der Waals surface area contributed by atoms with E-state index in [9.17, 15) is 13.2 Å². The second kappa shape index (κ2) is 6.44. The monoisotopic (exact) mass is 312 g/mol. The second-order valence-corrected chi connectivity index (χ2v) is 7.58. The van der Waals surface area contributed by atoms with E-state index in [1.165, 1.54) is 6.92 Å². The second-order valence-electron chi connectivity index (χ2n) is 5.22. The number of ether oxygens (including phenoxy) is 1. The molecule has 7 heteroatoms. The molecule has 2 atom stereocenters. The first-order chi connectivity index (χ1) is 9.88. The molecule has 1 fully saturated rings. The molecule has 3 N–H and O–H groups in total. The number of nitrogens with one attached hydrogen (secondary N) is 1. The van der Waals surface area contributed by atoms with Crippen molar-refractivity contribution in [3.8, 4) is 0 Å². The van der Waals surface area contributed by atoms with E-state index < -0.39 is 21.0 Å². The molecule has 0 aromatic heterocycles. The highest BCUT2D eigenvalue weighted by Crippen LogP contribution is 2.17. The first-order valence-electron chi connectivity index (χ1n) is 6.88. The number of carbonyl (C=O) groups excluding carboxylic acids is 1. The minimum absolute atomic E-state index is 0.108. The van der Waals surface area contributed by atoms with Gasteiger partial charge in [-0.2, -0.15) is 0 Å². The van der Waals surface area contributed by atoms with Crippen LogP contribution in [0.5, 0.6) is 0 Å². The van der Waals surface area contributed by atoms with Gasteiger partial charge in [0.05, 0.1) is 11.9 Å². The molecule has 1 aromatic rings. The van der Waals surface area contributed by atoms with Gasteiger partial charge in [0.25, 0.3) is 0 Å². The van der Waals surface area contributed by atoms with E-state index in [4.69, 9.17) is 10.5 Å². The lowest BCUT2D eigenvalue weighted by Gasteiger charge is -2.16. The molecule has 1 aromatic carbocycles. The van der Waals surface area contributed by atoms with Gasteiger partial charge in [-0.25, -0.2) is 8.42 Å². The quantitative estimate of drug-likeness (QED) is 0.796. The molecule has 0 aliphatic carbocycles. The van der Waals surface area contributed by atoms with Crippen LogP contribution in [0.4, 0.5) is 11.4 Å². The average Bonchev–Trinajstić information content (AvgIpc) is 2.92. The van der Waals surface area contributed by atoms with Gasteiger partial charge >= 0.3 is 0 Å². The number of carbonyl (C=O) groups is 1. The smallest absolute Gasteiger partial charge is 0.242 e. The summed E-state index contributed by atoms with van der Waals surface area (Å²) in [5.74, 6) is -0.652. The molecule has 1 aliphatic rings. The Balaban J connectivity index is 1.98. The van der Waals surface area contributed by atoms with Crippen molar-refractivity contribution in [2.75, 3.05) is 23.4 Å². The van der Waals surface area contributed by atoms with E-state index in [2.05, 4.69) is 5.32 Å². The van der Waals surface area contributed by atoms with Gasteiger partial charge in [-0.15, -0.1) is 0 Å². The summed E-state index contributed by atoms with van der Waals surface area (Å²) in [4.78, 5) is 12.1. The van der Waals surface area contributed by atoms with E-state index in [0.29, 0.717) is 18.0 Å². The number of rotatable bonds is 5. The lowest BCUT2D eigenvalue weighted by Crippen LogP contribution is -2.37. The molecule has 1 heterocycles. The third-order valence-corrected chi connectivity index (χ3v) is 5.66. The van der Waals surface area contributed by atoms with Gasteiger partial charge < -0.3 is 15.8 Å². The largest absolute Gasteiger partial charge is 0.399 e. The molecule has 21 heavy (non-hydrogen) atoms. The van der Waals surface area contributed by atoms with Crippen LogP contribution in [0.1, 0.15) is 19.8 Å². The Labute approximate surface area is 124 Å². The molecule has 6 nitrogen and oxygen atoms in total. The fourth-order valence-corrected chi connectivity index (χ4v) is 3.61. The minimum atomic E-state index is -3.53. The van der Waals surface area contributed by atoms with Crippen LogP contribution >= 0.6 is 0 Å². The lowest BCUT2D eigenvalue weighted by molar-refractivity contribution is -0.115. The fraction of sp³-hybridized carbons (Fsp3) is 0.500. The summed E-state index contributed by atoms with van der Waals surface area (Å²) in [6.07, 6.45) is 1.30. The Morgan fingerprint density at radius 1 is 1.43 bits per heavy atom. The molecule has 0 saturated carbocycles. The molecular weight excluding hydrogens is 292 g/mol. The maximum absolute atomic E-state index is 12.2. The summed E-state index contributed by atoms with van der Waals surface area (Å²) in [5.41, 5.74) is 6.65. The van der Waals surface area contributed by atoms with Gasteiger partial charge in [-0.05, 0) is 44.0 Å². The number of nitrogen functional groups attached to an aromatic ring is 1. The van der Waals surface area contributed by atoms with Crippen LogP contribution < -0.4 is 11.1 Å². The number of sulfone groups is 1. The van der Waals surface area contributed by atoms with Crippen molar-refractivity contribution in [3.63, 3.8) is 0 Å². The number of amides is 1. The van der Waals surface area contributed by atoms with Crippen molar-refractivity contribution >= 4 is 27.1 Å². The van der Waals surface area contributed by atoms with Gasteiger partial charge in [0.2, 0.25) is 5.91 Å². The molecule has 0 spiro atoms. The summed E-state index contributed by atoms with van der Waals surface area (Å²) in [7, 11) is -3.53. The van der Waals surface area contributed by atoms with Crippen LogP contribution in [0.2, 0.25) is 0 Å². The molecule has 2 unspecified atom stereocenters. The average molecular weight is 312 g/mol. The maximum atomic E-state index is 12.2. The van der Waals surface area contributed by atoms with E-state index in [1.807, 2.05) is 0 Å². The topological polar surface area (TPSA) is 98.5 Å². The molecular formula is C14H20N2O4S. The Morgan fingerprint density at radius 2 is 2.10 bits per heavy atom. The number of nitrogens with two attached hydrogens (primary N) is 1. The summed E-state index contributed by atoms with van der Waals surface area (Å²) in [6, 6.07) is 6.54. The van der Waals surface area contributed by atoms with Gasteiger partial charge in [0.15, 0.2) is 9.84 Å². The lowest BCUT2D eigenvalue weighted by atomic mass is 10.3.